The highest BCUT2D eigenvalue weighted by atomic mass is 35.5. The SMILES string of the molecule is CC(C)(NC(=O)C1[C@@H]2C[C@H]1CN(C(=N)N)C2)c1ncc2c(Cl)cccn12. The summed E-state index contributed by atoms with van der Waals surface area (Å²) in [7, 11) is 0. The van der Waals surface area contributed by atoms with E-state index in [0.717, 1.165) is 17.8 Å². The number of hydrogen-bond acceptors (Lipinski definition) is 3. The number of carbonyl (C=O) groups excluding carboxylic acids is 1. The normalized spacial score (nSPS) is 25.0. The van der Waals surface area contributed by atoms with E-state index in [-0.39, 0.29) is 29.6 Å². The fraction of sp³-hybridized carbons (Fsp3) is 0.500. The monoisotopic (exact) mass is 374 g/mol. The first-order valence-corrected chi connectivity index (χ1v) is 9.19. The van der Waals surface area contributed by atoms with Crippen LogP contribution in [0.25, 0.3) is 5.52 Å². The third-order valence-electron chi connectivity index (χ3n) is 5.69. The number of carbonyl (C=O) groups is 1. The van der Waals surface area contributed by atoms with Crippen molar-refractivity contribution in [3.63, 3.8) is 0 Å². The predicted octanol–water partition coefficient (Wildman–Crippen LogP) is 1.80. The minimum atomic E-state index is -0.627. The van der Waals surface area contributed by atoms with Crippen molar-refractivity contribution < 1.29 is 4.79 Å². The molecule has 2 aromatic rings. The lowest BCUT2D eigenvalue weighted by Crippen LogP contribution is -2.62. The number of imidazole rings is 1. The van der Waals surface area contributed by atoms with E-state index >= 15 is 0 Å². The second-order valence-electron chi connectivity index (χ2n) is 7.88. The maximum absolute atomic E-state index is 13.0. The zero-order valence-electron chi connectivity index (χ0n) is 14.9. The van der Waals surface area contributed by atoms with Crippen LogP contribution in [0.3, 0.4) is 0 Å². The maximum atomic E-state index is 13.0. The number of fused-ring (bicyclic) bond motifs is 3. The number of nitrogens with one attached hydrogen (secondary N) is 2. The minimum absolute atomic E-state index is 0.0142. The van der Waals surface area contributed by atoms with Crippen LogP contribution in [0.15, 0.2) is 24.5 Å². The molecule has 4 N–H and O–H groups in total. The number of pyridine rings is 1. The quantitative estimate of drug-likeness (QED) is 0.563. The zero-order chi connectivity index (χ0) is 18.6. The number of guanidine groups is 1. The van der Waals surface area contributed by atoms with Crippen molar-refractivity contribution in [1.29, 1.82) is 5.41 Å². The minimum Gasteiger partial charge on any atom is -0.370 e. The molecule has 2 bridgehead atoms. The second-order valence-corrected chi connectivity index (χ2v) is 8.29. The zero-order valence-corrected chi connectivity index (χ0v) is 15.6. The van der Waals surface area contributed by atoms with E-state index in [0.29, 0.717) is 18.1 Å². The second kappa shape index (κ2) is 5.87. The summed E-state index contributed by atoms with van der Waals surface area (Å²) in [5, 5.41) is 11.4. The Labute approximate surface area is 157 Å². The Balaban J connectivity index is 1.52. The largest absolute Gasteiger partial charge is 0.370 e. The Morgan fingerprint density at radius 2 is 2.12 bits per heavy atom. The lowest BCUT2D eigenvalue weighted by molar-refractivity contribution is -0.141. The summed E-state index contributed by atoms with van der Waals surface area (Å²) in [5.74, 6) is 1.41. The van der Waals surface area contributed by atoms with Gasteiger partial charge in [-0.3, -0.25) is 10.2 Å². The number of aromatic nitrogens is 2. The van der Waals surface area contributed by atoms with E-state index in [1.165, 1.54) is 0 Å². The Kier molecular flexibility index (Phi) is 3.87. The topological polar surface area (TPSA) is 99.5 Å². The summed E-state index contributed by atoms with van der Waals surface area (Å²) in [5.41, 5.74) is 5.79. The molecule has 2 fully saturated rings. The fourth-order valence-corrected chi connectivity index (χ4v) is 4.62. The molecule has 0 radical (unpaired) electrons. The first-order chi connectivity index (χ1) is 12.3. The van der Waals surface area contributed by atoms with E-state index in [1.807, 2.05) is 41.5 Å². The number of amides is 1. The Morgan fingerprint density at radius 1 is 1.42 bits per heavy atom. The van der Waals surface area contributed by atoms with Gasteiger partial charge in [-0.1, -0.05) is 11.6 Å². The van der Waals surface area contributed by atoms with Crippen LogP contribution >= 0.6 is 11.6 Å². The Morgan fingerprint density at radius 3 is 2.77 bits per heavy atom. The number of nitrogens with two attached hydrogens (primary N) is 1. The molecule has 0 aromatic carbocycles. The van der Waals surface area contributed by atoms with Gasteiger partial charge < -0.3 is 20.4 Å². The van der Waals surface area contributed by atoms with Crippen molar-refractivity contribution in [2.45, 2.75) is 25.8 Å². The molecule has 1 amide bonds. The molecule has 7 nitrogen and oxygen atoms in total. The van der Waals surface area contributed by atoms with Crippen LogP contribution < -0.4 is 11.1 Å². The Bertz CT molecular complexity index is 879. The molecule has 1 saturated heterocycles. The number of rotatable bonds is 3. The third kappa shape index (κ3) is 2.61. The molecule has 3 heterocycles. The summed E-state index contributed by atoms with van der Waals surface area (Å²) in [6.45, 7) is 5.28. The molecule has 2 aliphatic rings. The van der Waals surface area contributed by atoms with Crippen molar-refractivity contribution in [3.8, 4) is 0 Å². The first-order valence-electron chi connectivity index (χ1n) is 8.81. The number of halogens is 1. The van der Waals surface area contributed by atoms with E-state index in [9.17, 15) is 4.79 Å². The summed E-state index contributed by atoms with van der Waals surface area (Å²) in [6, 6.07) is 3.69. The van der Waals surface area contributed by atoms with Gasteiger partial charge in [0.1, 0.15) is 5.82 Å². The van der Waals surface area contributed by atoms with E-state index in [1.54, 1.807) is 6.20 Å². The molecule has 1 unspecified atom stereocenters. The molecule has 1 aliphatic heterocycles. The molecule has 3 atom stereocenters. The van der Waals surface area contributed by atoms with Gasteiger partial charge in [-0.05, 0) is 44.2 Å². The number of likely N-dealkylation sites (tertiary alicyclic amines) is 1. The highest BCUT2D eigenvalue weighted by Crippen LogP contribution is 2.45. The van der Waals surface area contributed by atoms with Gasteiger partial charge in [-0.25, -0.2) is 4.98 Å². The van der Waals surface area contributed by atoms with E-state index in [2.05, 4.69) is 10.3 Å². The van der Waals surface area contributed by atoms with Gasteiger partial charge in [0, 0.05) is 25.2 Å². The van der Waals surface area contributed by atoms with Crippen molar-refractivity contribution in [2.75, 3.05) is 13.1 Å². The molecule has 138 valence electrons. The summed E-state index contributed by atoms with van der Waals surface area (Å²) in [6.07, 6.45) is 4.67. The lowest BCUT2D eigenvalue weighted by Gasteiger charge is -2.53. The summed E-state index contributed by atoms with van der Waals surface area (Å²) < 4.78 is 1.92. The van der Waals surface area contributed by atoms with Crippen LogP contribution in [0.2, 0.25) is 5.02 Å². The fourth-order valence-electron chi connectivity index (χ4n) is 4.41. The smallest absolute Gasteiger partial charge is 0.224 e. The van der Waals surface area contributed by atoms with Crippen LogP contribution in [-0.2, 0) is 10.3 Å². The van der Waals surface area contributed by atoms with Crippen LogP contribution in [0.4, 0.5) is 0 Å². The van der Waals surface area contributed by atoms with Gasteiger partial charge >= 0.3 is 0 Å². The van der Waals surface area contributed by atoms with Crippen LogP contribution in [0.5, 0.6) is 0 Å². The van der Waals surface area contributed by atoms with Crippen molar-refractivity contribution in [2.24, 2.45) is 23.5 Å². The van der Waals surface area contributed by atoms with Crippen molar-refractivity contribution in [3.05, 3.63) is 35.4 Å². The van der Waals surface area contributed by atoms with Gasteiger partial charge in [-0.2, -0.15) is 0 Å². The van der Waals surface area contributed by atoms with Crippen LogP contribution in [0.1, 0.15) is 26.1 Å². The summed E-state index contributed by atoms with van der Waals surface area (Å²) in [4.78, 5) is 19.3. The van der Waals surface area contributed by atoms with Gasteiger partial charge in [0.25, 0.3) is 0 Å². The van der Waals surface area contributed by atoms with Crippen molar-refractivity contribution >= 4 is 29.0 Å². The van der Waals surface area contributed by atoms with Gasteiger partial charge in [0.05, 0.1) is 22.3 Å². The molecule has 1 aliphatic carbocycles. The van der Waals surface area contributed by atoms with E-state index in [4.69, 9.17) is 22.7 Å². The maximum Gasteiger partial charge on any atom is 0.224 e. The van der Waals surface area contributed by atoms with Crippen molar-refractivity contribution in [1.82, 2.24) is 19.6 Å². The molecule has 1 saturated carbocycles. The Hall–Kier alpha value is -2.28. The molecule has 26 heavy (non-hydrogen) atoms. The first kappa shape index (κ1) is 17.1. The van der Waals surface area contributed by atoms with Crippen LogP contribution in [0, 0.1) is 23.2 Å². The highest BCUT2D eigenvalue weighted by Gasteiger charge is 2.51. The molecule has 0 spiro atoms. The number of piperidine rings is 2. The molecular formula is C18H23ClN6O. The van der Waals surface area contributed by atoms with E-state index < -0.39 is 5.54 Å². The van der Waals surface area contributed by atoms with Gasteiger partial charge in [0.15, 0.2) is 5.96 Å². The number of nitrogens with zero attached hydrogens (tertiary/aromatic N) is 3. The van der Waals surface area contributed by atoms with Gasteiger partial charge in [-0.15, -0.1) is 0 Å². The summed E-state index contributed by atoms with van der Waals surface area (Å²) >= 11 is 6.23. The average Bonchev–Trinajstić information content (AvgIpc) is 3.00. The average molecular weight is 375 g/mol. The van der Waals surface area contributed by atoms with Gasteiger partial charge in [0.2, 0.25) is 5.91 Å². The lowest BCUT2D eigenvalue weighted by atomic mass is 9.61. The van der Waals surface area contributed by atoms with Crippen LogP contribution in [-0.4, -0.2) is 39.2 Å². The molecule has 4 rings (SSSR count). The number of hydrogen-bond donors (Lipinski definition) is 3. The highest BCUT2D eigenvalue weighted by molar-refractivity contribution is 6.33. The third-order valence-corrected chi connectivity index (χ3v) is 6.01. The molecular weight excluding hydrogens is 352 g/mol. The standard InChI is InChI=1S/C18H23ClN6O/c1-18(2,16-22-7-13-12(19)4-3-5-25(13)16)23-15(26)14-10-6-11(14)9-24(8-10)17(20)21/h3-5,7,10-11,14H,6,8-9H2,1-2H3,(H3,20,21)(H,23,26)/t10-,11+,14?. The molecule has 8 heteroatoms. The predicted molar refractivity (Wildman–Crippen MR) is 99.9 cm³/mol. The molecule has 2 aromatic heterocycles.